The van der Waals surface area contributed by atoms with Gasteiger partial charge in [0.2, 0.25) is 0 Å². The topological polar surface area (TPSA) is 38.0 Å². The summed E-state index contributed by atoms with van der Waals surface area (Å²) >= 11 is 1.68. The lowest BCUT2D eigenvalue weighted by molar-refractivity contribution is 0.687. The molecule has 0 aliphatic carbocycles. The molecule has 0 bridgehead atoms. The van der Waals surface area contributed by atoms with E-state index in [4.69, 9.17) is 5.73 Å². The Kier molecular flexibility index (Phi) is 5.24. The molecule has 0 fully saturated rings. The molecule has 0 saturated heterocycles. The van der Waals surface area contributed by atoms with Crippen LogP contribution >= 0.6 is 11.9 Å². The van der Waals surface area contributed by atoms with Crippen LogP contribution in [0.15, 0.2) is 47.4 Å². The first-order chi connectivity index (χ1) is 9.61. The Labute approximate surface area is 125 Å². The van der Waals surface area contributed by atoms with Crippen molar-refractivity contribution in [2.24, 2.45) is 5.73 Å². The summed E-state index contributed by atoms with van der Waals surface area (Å²) in [5, 5.41) is 0. The molecule has 20 heavy (non-hydrogen) atoms. The predicted octanol–water partition coefficient (Wildman–Crippen LogP) is 3.91. The fraction of sp³-hybridized carbons (Fsp3) is 0.294. The van der Waals surface area contributed by atoms with E-state index in [9.17, 15) is 0 Å². The summed E-state index contributed by atoms with van der Waals surface area (Å²) in [7, 11) is 0. The highest BCUT2D eigenvalue weighted by molar-refractivity contribution is 7.97. The number of rotatable bonds is 5. The van der Waals surface area contributed by atoms with E-state index in [0.717, 1.165) is 0 Å². The molecule has 2 aromatic carbocycles. The molecule has 0 saturated carbocycles. The first-order valence-electron chi connectivity index (χ1n) is 6.87. The van der Waals surface area contributed by atoms with Gasteiger partial charge in [-0.05, 0) is 49.4 Å². The zero-order chi connectivity index (χ0) is 14.5. The lowest BCUT2D eigenvalue weighted by Gasteiger charge is -2.18. The van der Waals surface area contributed by atoms with Gasteiger partial charge in [0.05, 0.1) is 6.04 Å². The minimum Gasteiger partial charge on any atom is -0.329 e. The number of benzene rings is 2. The van der Waals surface area contributed by atoms with Crippen molar-refractivity contribution in [2.75, 3.05) is 6.54 Å². The molecule has 0 aliphatic heterocycles. The van der Waals surface area contributed by atoms with Crippen LogP contribution in [0, 0.1) is 20.8 Å². The molecule has 3 N–H and O–H groups in total. The second-order valence-electron chi connectivity index (χ2n) is 5.15. The standard InChI is InChI=1S/C17H22N2S/c1-12-9-13(2)17(14(3)10-12)20-19-16(11-18)15-7-5-4-6-8-15/h4-10,16,19H,11,18H2,1-3H3. The van der Waals surface area contributed by atoms with E-state index >= 15 is 0 Å². The van der Waals surface area contributed by atoms with Crippen LogP contribution in [0.2, 0.25) is 0 Å². The van der Waals surface area contributed by atoms with Gasteiger partial charge in [0.25, 0.3) is 0 Å². The number of hydrogen-bond donors (Lipinski definition) is 2. The highest BCUT2D eigenvalue weighted by Gasteiger charge is 2.11. The molecule has 106 valence electrons. The molecule has 0 heterocycles. The lowest BCUT2D eigenvalue weighted by atomic mass is 10.1. The van der Waals surface area contributed by atoms with Gasteiger partial charge in [-0.25, -0.2) is 0 Å². The molecule has 0 aromatic heterocycles. The maximum absolute atomic E-state index is 5.89. The number of aryl methyl sites for hydroxylation is 3. The lowest BCUT2D eigenvalue weighted by Crippen LogP contribution is -2.23. The Bertz CT molecular complexity index is 543. The van der Waals surface area contributed by atoms with Gasteiger partial charge >= 0.3 is 0 Å². The van der Waals surface area contributed by atoms with Crippen LogP contribution in [0.4, 0.5) is 0 Å². The fourth-order valence-corrected chi connectivity index (χ4v) is 3.33. The van der Waals surface area contributed by atoms with Crippen molar-refractivity contribution in [1.82, 2.24) is 4.72 Å². The largest absolute Gasteiger partial charge is 0.329 e. The first-order valence-corrected chi connectivity index (χ1v) is 7.68. The third-order valence-corrected chi connectivity index (χ3v) is 4.60. The first kappa shape index (κ1) is 15.1. The van der Waals surface area contributed by atoms with Gasteiger partial charge in [-0.3, -0.25) is 4.72 Å². The predicted molar refractivity (Wildman–Crippen MR) is 87.9 cm³/mol. The smallest absolute Gasteiger partial charge is 0.0547 e. The van der Waals surface area contributed by atoms with E-state index in [1.54, 1.807) is 11.9 Å². The Balaban J connectivity index is 2.12. The normalized spacial score (nSPS) is 12.4. The SMILES string of the molecule is Cc1cc(C)c(SNC(CN)c2ccccc2)c(C)c1. The van der Waals surface area contributed by atoms with Crippen molar-refractivity contribution >= 4 is 11.9 Å². The fourth-order valence-electron chi connectivity index (χ4n) is 2.40. The summed E-state index contributed by atoms with van der Waals surface area (Å²) in [5.74, 6) is 0. The maximum Gasteiger partial charge on any atom is 0.0547 e. The van der Waals surface area contributed by atoms with Crippen molar-refractivity contribution in [1.29, 1.82) is 0 Å². The maximum atomic E-state index is 5.89. The van der Waals surface area contributed by atoms with Crippen LogP contribution in [0.1, 0.15) is 28.3 Å². The number of nitrogens with one attached hydrogen (secondary N) is 1. The second-order valence-corrected chi connectivity index (χ2v) is 5.99. The second kappa shape index (κ2) is 6.93. The Hall–Kier alpha value is -1.29. The van der Waals surface area contributed by atoms with Crippen LogP contribution in [-0.4, -0.2) is 6.54 Å². The van der Waals surface area contributed by atoms with Crippen LogP contribution in [-0.2, 0) is 0 Å². The average molecular weight is 286 g/mol. The van der Waals surface area contributed by atoms with Crippen LogP contribution in [0.25, 0.3) is 0 Å². The van der Waals surface area contributed by atoms with Crippen LogP contribution < -0.4 is 10.5 Å². The highest BCUT2D eigenvalue weighted by atomic mass is 32.2. The summed E-state index contributed by atoms with van der Waals surface area (Å²) in [5.41, 5.74) is 11.0. The third kappa shape index (κ3) is 3.63. The molecular weight excluding hydrogens is 264 g/mol. The molecule has 1 atom stereocenters. The van der Waals surface area contributed by atoms with Crippen LogP contribution in [0.5, 0.6) is 0 Å². The van der Waals surface area contributed by atoms with Crippen LogP contribution in [0.3, 0.4) is 0 Å². The van der Waals surface area contributed by atoms with Gasteiger partial charge in [0, 0.05) is 11.4 Å². The molecular formula is C17H22N2S. The summed E-state index contributed by atoms with van der Waals surface area (Å²) in [6.07, 6.45) is 0. The van der Waals surface area contributed by atoms with E-state index in [1.165, 1.54) is 27.1 Å². The number of nitrogens with two attached hydrogens (primary N) is 1. The number of hydrogen-bond acceptors (Lipinski definition) is 3. The molecule has 3 heteroatoms. The van der Waals surface area contributed by atoms with E-state index in [1.807, 2.05) is 18.2 Å². The van der Waals surface area contributed by atoms with Gasteiger partial charge in [0.1, 0.15) is 0 Å². The molecule has 2 nitrogen and oxygen atoms in total. The summed E-state index contributed by atoms with van der Waals surface area (Å²) in [6, 6.07) is 15.0. The molecule has 0 amide bonds. The zero-order valence-electron chi connectivity index (χ0n) is 12.3. The monoisotopic (exact) mass is 286 g/mol. The van der Waals surface area contributed by atoms with Crippen molar-refractivity contribution < 1.29 is 0 Å². The summed E-state index contributed by atoms with van der Waals surface area (Å²) < 4.78 is 3.49. The van der Waals surface area contributed by atoms with Crippen molar-refractivity contribution in [2.45, 2.75) is 31.7 Å². The zero-order valence-corrected chi connectivity index (χ0v) is 13.1. The molecule has 2 rings (SSSR count). The molecule has 0 spiro atoms. The Morgan fingerprint density at radius 1 is 1.05 bits per heavy atom. The van der Waals surface area contributed by atoms with Crippen molar-refractivity contribution in [3.8, 4) is 0 Å². The van der Waals surface area contributed by atoms with E-state index in [2.05, 4.69) is 49.8 Å². The van der Waals surface area contributed by atoms with Crippen molar-refractivity contribution in [3.63, 3.8) is 0 Å². The Morgan fingerprint density at radius 3 is 2.20 bits per heavy atom. The Morgan fingerprint density at radius 2 is 1.65 bits per heavy atom. The van der Waals surface area contributed by atoms with Gasteiger partial charge in [-0.15, -0.1) is 0 Å². The summed E-state index contributed by atoms with van der Waals surface area (Å²) in [6.45, 7) is 7.03. The molecule has 1 unspecified atom stereocenters. The summed E-state index contributed by atoms with van der Waals surface area (Å²) in [4.78, 5) is 1.30. The van der Waals surface area contributed by atoms with Gasteiger partial charge in [-0.1, -0.05) is 48.0 Å². The molecule has 0 aliphatic rings. The highest BCUT2D eigenvalue weighted by Crippen LogP contribution is 2.27. The average Bonchev–Trinajstić information content (AvgIpc) is 2.43. The van der Waals surface area contributed by atoms with Crippen molar-refractivity contribution in [3.05, 3.63) is 64.7 Å². The third-order valence-electron chi connectivity index (χ3n) is 3.35. The van der Waals surface area contributed by atoms with Gasteiger partial charge < -0.3 is 5.73 Å². The molecule has 0 radical (unpaired) electrons. The van der Waals surface area contributed by atoms with E-state index < -0.39 is 0 Å². The minimum absolute atomic E-state index is 0.168. The van der Waals surface area contributed by atoms with Gasteiger partial charge in [0.15, 0.2) is 0 Å². The van der Waals surface area contributed by atoms with Gasteiger partial charge in [-0.2, -0.15) is 0 Å². The minimum atomic E-state index is 0.168. The van der Waals surface area contributed by atoms with E-state index in [0.29, 0.717) is 6.54 Å². The van der Waals surface area contributed by atoms with E-state index in [-0.39, 0.29) is 6.04 Å². The molecule has 2 aromatic rings. The quantitative estimate of drug-likeness (QED) is 0.818.